The molecule has 4 atom stereocenters. The number of rotatable bonds is 14. The Labute approximate surface area is 317 Å². The van der Waals surface area contributed by atoms with E-state index in [-0.39, 0.29) is 30.5 Å². The first-order valence-corrected chi connectivity index (χ1v) is 17.5. The van der Waals surface area contributed by atoms with Gasteiger partial charge in [-0.1, -0.05) is 72.8 Å². The number of carbonyl (C=O) groups is 2. The van der Waals surface area contributed by atoms with Gasteiger partial charge in [0.15, 0.2) is 23.2 Å². The lowest BCUT2D eigenvalue weighted by Gasteiger charge is -2.37. The molecule has 0 saturated carbocycles. The Balaban J connectivity index is 1.25. The molecule has 3 heterocycles. The first kappa shape index (κ1) is 37.1. The number of aromatic nitrogens is 4. The highest BCUT2D eigenvalue weighted by molar-refractivity contribution is 6.06. The van der Waals surface area contributed by atoms with Gasteiger partial charge in [-0.25, -0.2) is 15.0 Å². The number of likely N-dealkylation sites (N-methyl/N-ethyl adjacent to an activating group) is 1. The standard InChI is InChI=1S/C41H40N6O8/c1-42-33(48)23-53-36-35(49)32(55-40(36)47-25-45-34-37(43-24-44-38(34)47)46-39(50)26-10-6-4-7-11-26)22-54-41(27-12-8-5-9-13-27,28-14-18-30(51-2)19-15-28)29-16-20-31(52-3)21-17-29/h4-21,24-25,32,35-36,40,49H,22-23H2,1-3H3,(H,42,48)(H,43,44,46,50)/t32-,35-,36-,40-/m1/s1. The molecule has 6 aromatic rings. The quantitative estimate of drug-likeness (QED) is 0.134. The van der Waals surface area contributed by atoms with Gasteiger partial charge in [-0.2, -0.15) is 0 Å². The molecule has 14 heteroatoms. The molecule has 2 aromatic heterocycles. The molecule has 0 aliphatic carbocycles. The molecule has 2 amide bonds. The maximum atomic E-state index is 13.0. The van der Waals surface area contributed by atoms with Crippen LogP contribution in [-0.2, 0) is 24.6 Å². The molecule has 3 N–H and O–H groups in total. The maximum Gasteiger partial charge on any atom is 0.256 e. The molecule has 1 fully saturated rings. The molecule has 4 aromatic carbocycles. The zero-order valence-electron chi connectivity index (χ0n) is 30.4. The fourth-order valence-corrected chi connectivity index (χ4v) is 6.68. The second-order valence-electron chi connectivity index (χ2n) is 12.7. The van der Waals surface area contributed by atoms with Crippen molar-refractivity contribution in [2.24, 2.45) is 0 Å². The van der Waals surface area contributed by atoms with Gasteiger partial charge < -0.3 is 39.4 Å². The lowest BCUT2D eigenvalue weighted by Crippen LogP contribution is -2.41. The predicted octanol–water partition coefficient (Wildman–Crippen LogP) is 4.49. The highest BCUT2D eigenvalue weighted by atomic mass is 16.6. The van der Waals surface area contributed by atoms with Crippen molar-refractivity contribution in [3.05, 3.63) is 144 Å². The highest BCUT2D eigenvalue weighted by Crippen LogP contribution is 2.43. The first-order valence-electron chi connectivity index (χ1n) is 17.5. The van der Waals surface area contributed by atoms with E-state index in [2.05, 4.69) is 25.6 Å². The van der Waals surface area contributed by atoms with E-state index in [1.54, 1.807) is 43.1 Å². The second kappa shape index (κ2) is 16.4. The van der Waals surface area contributed by atoms with Gasteiger partial charge in [0, 0.05) is 12.6 Å². The van der Waals surface area contributed by atoms with Crippen molar-refractivity contribution in [2.75, 3.05) is 39.8 Å². The summed E-state index contributed by atoms with van der Waals surface area (Å²) in [5.74, 6) is 0.769. The molecular formula is C41H40N6O8. The summed E-state index contributed by atoms with van der Waals surface area (Å²) in [4.78, 5) is 38.6. The summed E-state index contributed by atoms with van der Waals surface area (Å²) < 4.78 is 32.2. The molecule has 0 bridgehead atoms. The Hall–Kier alpha value is -6.19. The third-order valence-corrected chi connectivity index (χ3v) is 9.54. The zero-order chi connectivity index (χ0) is 38.4. The lowest BCUT2D eigenvalue weighted by molar-refractivity contribution is -0.132. The average molecular weight is 745 g/mol. The van der Waals surface area contributed by atoms with Gasteiger partial charge in [-0.3, -0.25) is 14.2 Å². The summed E-state index contributed by atoms with van der Waals surface area (Å²) in [7, 11) is 4.71. The molecule has 0 unspecified atom stereocenters. The van der Waals surface area contributed by atoms with Gasteiger partial charge in [-0.15, -0.1) is 0 Å². The molecule has 1 saturated heterocycles. The fourth-order valence-electron chi connectivity index (χ4n) is 6.68. The Morgan fingerprint density at radius 2 is 1.42 bits per heavy atom. The van der Waals surface area contributed by atoms with Crippen LogP contribution >= 0.6 is 0 Å². The number of methoxy groups -OCH3 is 2. The van der Waals surface area contributed by atoms with E-state index in [0.717, 1.165) is 16.7 Å². The SMILES string of the molecule is CNC(=O)CO[C@@H]1[C@H](O)[C@@H](COC(c2ccccc2)(c2ccc(OC)cc2)c2ccc(OC)cc2)O[C@H]1n1cnc2c(NC(=O)c3ccccc3)ncnc21. The van der Waals surface area contributed by atoms with Crippen LogP contribution in [0.1, 0.15) is 33.3 Å². The van der Waals surface area contributed by atoms with Gasteiger partial charge in [-0.05, 0) is 53.1 Å². The largest absolute Gasteiger partial charge is 0.497 e. The molecule has 0 radical (unpaired) electrons. The van der Waals surface area contributed by atoms with Crippen LogP contribution in [0.3, 0.4) is 0 Å². The monoisotopic (exact) mass is 744 g/mol. The van der Waals surface area contributed by atoms with Gasteiger partial charge in [0.1, 0.15) is 48.3 Å². The number of anilines is 1. The number of hydrogen-bond donors (Lipinski definition) is 3. The van der Waals surface area contributed by atoms with Crippen molar-refractivity contribution in [1.82, 2.24) is 24.8 Å². The van der Waals surface area contributed by atoms with Crippen LogP contribution in [0.25, 0.3) is 11.2 Å². The summed E-state index contributed by atoms with van der Waals surface area (Å²) in [6.07, 6.45) is -1.54. The molecule has 7 rings (SSSR count). The smallest absolute Gasteiger partial charge is 0.256 e. The zero-order valence-corrected chi connectivity index (χ0v) is 30.4. The number of nitrogens with zero attached hydrogens (tertiary/aromatic N) is 4. The normalized spacial score (nSPS) is 18.2. The number of hydrogen-bond acceptors (Lipinski definition) is 11. The molecule has 1 aliphatic rings. The number of imidazole rings is 1. The average Bonchev–Trinajstić information content (AvgIpc) is 3.81. The van der Waals surface area contributed by atoms with Crippen LogP contribution in [0.4, 0.5) is 5.82 Å². The van der Waals surface area contributed by atoms with Crippen LogP contribution in [0.15, 0.2) is 122 Å². The minimum absolute atomic E-state index is 0.121. The van der Waals surface area contributed by atoms with Crippen LogP contribution in [0, 0.1) is 0 Å². The third kappa shape index (κ3) is 7.48. The number of amides is 2. The summed E-state index contributed by atoms with van der Waals surface area (Å²) in [6, 6.07) is 33.7. The second-order valence-corrected chi connectivity index (χ2v) is 12.7. The first-order chi connectivity index (χ1) is 26.9. The molecule has 0 spiro atoms. The van der Waals surface area contributed by atoms with Gasteiger partial charge in [0.05, 0.1) is 27.2 Å². The maximum absolute atomic E-state index is 13.0. The van der Waals surface area contributed by atoms with Gasteiger partial charge in [0.25, 0.3) is 5.91 Å². The van der Waals surface area contributed by atoms with E-state index in [9.17, 15) is 14.7 Å². The molecule has 14 nitrogen and oxygen atoms in total. The minimum Gasteiger partial charge on any atom is -0.497 e. The van der Waals surface area contributed by atoms with Gasteiger partial charge in [0.2, 0.25) is 5.91 Å². The number of aliphatic hydroxyl groups excluding tert-OH is 1. The minimum atomic E-state index is -1.27. The topological polar surface area (TPSA) is 168 Å². The van der Waals surface area contributed by atoms with Crippen molar-refractivity contribution < 1.29 is 38.4 Å². The molecule has 282 valence electrons. The molecule has 1 aliphatic heterocycles. The van der Waals surface area contributed by atoms with Crippen molar-refractivity contribution in [3.8, 4) is 11.5 Å². The van der Waals surface area contributed by atoms with E-state index < -0.39 is 36.0 Å². The Morgan fingerprint density at radius 3 is 2.02 bits per heavy atom. The van der Waals surface area contributed by atoms with Crippen LogP contribution < -0.4 is 20.1 Å². The van der Waals surface area contributed by atoms with Crippen molar-refractivity contribution in [1.29, 1.82) is 0 Å². The van der Waals surface area contributed by atoms with E-state index in [4.69, 9.17) is 23.7 Å². The van der Waals surface area contributed by atoms with E-state index >= 15 is 0 Å². The van der Waals surface area contributed by atoms with Crippen LogP contribution in [0.2, 0.25) is 0 Å². The van der Waals surface area contributed by atoms with E-state index in [1.807, 2.05) is 84.9 Å². The fraction of sp³-hybridized carbons (Fsp3) is 0.244. The number of fused-ring (bicyclic) bond motifs is 1. The number of benzene rings is 4. The Kier molecular flexibility index (Phi) is 11.1. The molecule has 55 heavy (non-hydrogen) atoms. The number of ether oxygens (including phenoxy) is 5. The van der Waals surface area contributed by atoms with Crippen molar-refractivity contribution >= 4 is 28.8 Å². The molecular weight excluding hydrogens is 704 g/mol. The van der Waals surface area contributed by atoms with E-state index in [1.165, 1.54) is 19.7 Å². The van der Waals surface area contributed by atoms with Gasteiger partial charge >= 0.3 is 0 Å². The third-order valence-electron chi connectivity index (χ3n) is 9.54. The highest BCUT2D eigenvalue weighted by Gasteiger charge is 2.48. The predicted molar refractivity (Wildman–Crippen MR) is 202 cm³/mol. The van der Waals surface area contributed by atoms with Crippen LogP contribution in [-0.4, -0.2) is 89.2 Å². The van der Waals surface area contributed by atoms with E-state index in [0.29, 0.717) is 22.7 Å². The lowest BCUT2D eigenvalue weighted by atomic mass is 9.80. The Bertz CT molecular complexity index is 2170. The summed E-state index contributed by atoms with van der Waals surface area (Å²) in [5, 5.41) is 17.2. The van der Waals surface area contributed by atoms with Crippen molar-refractivity contribution in [2.45, 2.75) is 30.1 Å². The number of nitrogens with one attached hydrogen (secondary N) is 2. The number of aliphatic hydroxyl groups is 1. The summed E-state index contributed by atoms with van der Waals surface area (Å²) >= 11 is 0. The van der Waals surface area contributed by atoms with Crippen LogP contribution in [0.5, 0.6) is 11.5 Å². The van der Waals surface area contributed by atoms with Crippen molar-refractivity contribution in [3.63, 3.8) is 0 Å². The summed E-state index contributed by atoms with van der Waals surface area (Å²) in [5.41, 5.74) is 2.26. The Morgan fingerprint density at radius 1 is 0.818 bits per heavy atom. The number of carbonyl (C=O) groups excluding carboxylic acids is 2. The summed E-state index contributed by atoms with van der Waals surface area (Å²) in [6.45, 7) is -0.470.